The first-order valence-corrected chi connectivity index (χ1v) is 6.15. The lowest BCUT2D eigenvalue weighted by atomic mass is 10.1. The molecule has 0 aromatic heterocycles. The molecule has 0 spiro atoms. The highest BCUT2D eigenvalue weighted by atomic mass is 16.5. The molecule has 1 heterocycles. The lowest BCUT2D eigenvalue weighted by Gasteiger charge is -2.18. The molecule has 19 heavy (non-hydrogen) atoms. The summed E-state index contributed by atoms with van der Waals surface area (Å²) in [5, 5.41) is 5.46. The van der Waals surface area contributed by atoms with Crippen LogP contribution in [-0.4, -0.2) is 25.0 Å². The van der Waals surface area contributed by atoms with Crippen molar-refractivity contribution in [1.29, 1.82) is 0 Å². The minimum Gasteiger partial charge on any atom is -0.482 e. The Morgan fingerprint density at radius 1 is 1.58 bits per heavy atom. The third-order valence-corrected chi connectivity index (χ3v) is 2.83. The van der Waals surface area contributed by atoms with Gasteiger partial charge in [-0.2, -0.15) is 0 Å². The second kappa shape index (κ2) is 5.71. The molecule has 1 aliphatic heterocycles. The first-order valence-electron chi connectivity index (χ1n) is 6.15. The summed E-state index contributed by atoms with van der Waals surface area (Å²) < 4.78 is 5.24. The van der Waals surface area contributed by atoms with Crippen molar-refractivity contribution < 1.29 is 14.3 Å². The number of carbonyl (C=O) groups excluding carboxylic acids is 2. The number of fused-ring (bicyclic) bond motifs is 1. The summed E-state index contributed by atoms with van der Waals surface area (Å²) in [4.78, 5) is 22.9. The van der Waals surface area contributed by atoms with Crippen LogP contribution >= 0.6 is 0 Å². The highest BCUT2D eigenvalue weighted by Gasteiger charge is 2.16. The molecule has 0 fully saturated rings. The third kappa shape index (κ3) is 3.45. The molecule has 102 valence electrons. The van der Waals surface area contributed by atoms with E-state index in [1.807, 2.05) is 6.92 Å². The molecular weight excluding hydrogens is 246 g/mol. The van der Waals surface area contributed by atoms with E-state index in [1.165, 1.54) is 0 Å². The van der Waals surface area contributed by atoms with Crippen molar-refractivity contribution in [1.82, 2.24) is 0 Å². The van der Waals surface area contributed by atoms with Crippen LogP contribution in [-0.2, 0) is 9.59 Å². The van der Waals surface area contributed by atoms with Gasteiger partial charge in [0.2, 0.25) is 5.91 Å². The van der Waals surface area contributed by atoms with E-state index in [1.54, 1.807) is 18.2 Å². The molecule has 1 aliphatic rings. The Hall–Kier alpha value is -2.08. The average molecular weight is 263 g/mol. The fourth-order valence-electron chi connectivity index (χ4n) is 1.77. The first-order chi connectivity index (χ1) is 9.08. The number of carbonyl (C=O) groups is 2. The standard InChI is InChI=1S/C13H17N3O3/c1-8(6-14)4-12(17)15-9-2-3-11-10(5-9)16-13(18)7-19-11/h2-3,5,8H,4,6-7,14H2,1H3,(H,15,17)(H,16,18). The molecule has 0 saturated heterocycles. The van der Waals surface area contributed by atoms with Crippen LogP contribution in [0.15, 0.2) is 18.2 Å². The van der Waals surface area contributed by atoms with Crippen LogP contribution in [0.5, 0.6) is 5.75 Å². The fraction of sp³-hybridized carbons (Fsp3) is 0.385. The molecule has 4 N–H and O–H groups in total. The molecule has 1 aromatic rings. The van der Waals surface area contributed by atoms with Gasteiger partial charge in [-0.1, -0.05) is 6.92 Å². The lowest BCUT2D eigenvalue weighted by Crippen LogP contribution is -2.25. The second-order valence-corrected chi connectivity index (χ2v) is 4.64. The smallest absolute Gasteiger partial charge is 0.262 e. The van der Waals surface area contributed by atoms with Gasteiger partial charge in [-0.05, 0) is 30.7 Å². The van der Waals surface area contributed by atoms with Gasteiger partial charge in [0.15, 0.2) is 6.61 Å². The maximum Gasteiger partial charge on any atom is 0.262 e. The van der Waals surface area contributed by atoms with Gasteiger partial charge in [0, 0.05) is 12.1 Å². The van der Waals surface area contributed by atoms with Gasteiger partial charge in [0.25, 0.3) is 5.91 Å². The topological polar surface area (TPSA) is 93.5 Å². The van der Waals surface area contributed by atoms with Crippen LogP contribution in [0.4, 0.5) is 11.4 Å². The number of hydrogen-bond donors (Lipinski definition) is 3. The number of rotatable bonds is 4. The van der Waals surface area contributed by atoms with Crippen molar-refractivity contribution in [3.05, 3.63) is 18.2 Å². The Balaban J connectivity index is 2.04. The minimum absolute atomic E-state index is 0.0206. The Morgan fingerprint density at radius 3 is 3.11 bits per heavy atom. The molecule has 6 nitrogen and oxygen atoms in total. The molecular formula is C13H17N3O3. The lowest BCUT2D eigenvalue weighted by molar-refractivity contribution is -0.118. The summed E-state index contributed by atoms with van der Waals surface area (Å²) in [6.45, 7) is 2.41. The minimum atomic E-state index is -0.201. The van der Waals surface area contributed by atoms with E-state index >= 15 is 0 Å². The van der Waals surface area contributed by atoms with E-state index in [4.69, 9.17) is 10.5 Å². The SMILES string of the molecule is CC(CN)CC(=O)Nc1ccc2c(c1)NC(=O)CO2. The molecule has 1 unspecified atom stereocenters. The van der Waals surface area contributed by atoms with Gasteiger partial charge in [-0.25, -0.2) is 0 Å². The molecule has 6 heteroatoms. The van der Waals surface area contributed by atoms with Crippen molar-refractivity contribution in [2.75, 3.05) is 23.8 Å². The Morgan fingerprint density at radius 2 is 2.37 bits per heavy atom. The zero-order chi connectivity index (χ0) is 13.8. The molecule has 1 aromatic carbocycles. The van der Waals surface area contributed by atoms with E-state index in [0.717, 1.165) is 0 Å². The summed E-state index contributed by atoms with van der Waals surface area (Å²) in [6.07, 6.45) is 0.371. The van der Waals surface area contributed by atoms with Crippen LogP contribution in [0, 0.1) is 5.92 Å². The molecule has 0 bridgehead atoms. The second-order valence-electron chi connectivity index (χ2n) is 4.64. The van der Waals surface area contributed by atoms with Crippen LogP contribution < -0.4 is 21.1 Å². The van der Waals surface area contributed by atoms with Crippen LogP contribution in [0.3, 0.4) is 0 Å². The molecule has 1 atom stereocenters. The van der Waals surface area contributed by atoms with E-state index in [2.05, 4.69) is 10.6 Å². The quantitative estimate of drug-likeness (QED) is 0.753. The highest BCUT2D eigenvalue weighted by molar-refractivity contribution is 5.97. The van der Waals surface area contributed by atoms with Gasteiger partial charge < -0.3 is 21.1 Å². The monoisotopic (exact) mass is 263 g/mol. The number of nitrogens with one attached hydrogen (secondary N) is 2. The van der Waals surface area contributed by atoms with E-state index in [9.17, 15) is 9.59 Å². The first kappa shape index (κ1) is 13.4. The van der Waals surface area contributed by atoms with Gasteiger partial charge in [0.05, 0.1) is 5.69 Å². The van der Waals surface area contributed by atoms with Crippen molar-refractivity contribution in [3.8, 4) is 5.75 Å². The summed E-state index contributed by atoms with van der Waals surface area (Å²) in [6, 6.07) is 5.13. The van der Waals surface area contributed by atoms with Gasteiger partial charge >= 0.3 is 0 Å². The van der Waals surface area contributed by atoms with Crippen molar-refractivity contribution in [2.45, 2.75) is 13.3 Å². The predicted molar refractivity (Wildman–Crippen MR) is 72.0 cm³/mol. The van der Waals surface area contributed by atoms with Crippen LogP contribution in [0.2, 0.25) is 0 Å². The molecule has 0 saturated carbocycles. The van der Waals surface area contributed by atoms with E-state index in [0.29, 0.717) is 30.1 Å². The summed E-state index contributed by atoms with van der Waals surface area (Å²) in [5.74, 6) is 0.447. The van der Waals surface area contributed by atoms with E-state index < -0.39 is 0 Å². The maximum atomic E-state index is 11.7. The zero-order valence-corrected chi connectivity index (χ0v) is 10.7. The summed E-state index contributed by atoms with van der Waals surface area (Å²) in [5.41, 5.74) is 6.67. The van der Waals surface area contributed by atoms with Crippen molar-refractivity contribution in [3.63, 3.8) is 0 Å². The number of nitrogens with two attached hydrogens (primary N) is 1. The third-order valence-electron chi connectivity index (χ3n) is 2.83. The number of ether oxygens (including phenoxy) is 1. The summed E-state index contributed by atoms with van der Waals surface area (Å²) >= 11 is 0. The number of benzene rings is 1. The van der Waals surface area contributed by atoms with Crippen molar-refractivity contribution >= 4 is 23.2 Å². The Labute approximate surface area is 111 Å². The van der Waals surface area contributed by atoms with Gasteiger partial charge in [-0.15, -0.1) is 0 Å². The average Bonchev–Trinajstić information content (AvgIpc) is 2.37. The van der Waals surface area contributed by atoms with Crippen molar-refractivity contribution in [2.24, 2.45) is 11.7 Å². The number of hydrogen-bond acceptors (Lipinski definition) is 4. The molecule has 0 aliphatic carbocycles. The highest BCUT2D eigenvalue weighted by Crippen LogP contribution is 2.30. The van der Waals surface area contributed by atoms with E-state index in [-0.39, 0.29) is 24.3 Å². The number of anilines is 2. The Bertz CT molecular complexity index is 502. The van der Waals surface area contributed by atoms with Gasteiger partial charge in [-0.3, -0.25) is 9.59 Å². The largest absolute Gasteiger partial charge is 0.482 e. The predicted octanol–water partition coefficient (Wildman–Crippen LogP) is 0.941. The van der Waals surface area contributed by atoms with Crippen LogP contribution in [0.25, 0.3) is 0 Å². The Kier molecular flexibility index (Phi) is 4.01. The molecule has 2 amide bonds. The summed E-state index contributed by atoms with van der Waals surface area (Å²) in [7, 11) is 0. The fourth-order valence-corrected chi connectivity index (χ4v) is 1.77. The molecule has 0 radical (unpaired) electrons. The number of amides is 2. The molecule has 2 rings (SSSR count). The maximum absolute atomic E-state index is 11.7. The van der Waals surface area contributed by atoms with Gasteiger partial charge in [0.1, 0.15) is 5.75 Å². The zero-order valence-electron chi connectivity index (χ0n) is 10.7. The van der Waals surface area contributed by atoms with Crippen LogP contribution in [0.1, 0.15) is 13.3 Å². The normalized spacial score (nSPS) is 14.9.